The molecule has 2 N–H and O–H groups in total. The first-order valence-electron chi connectivity index (χ1n) is 6.92. The van der Waals surface area contributed by atoms with Gasteiger partial charge in [0, 0.05) is 6.04 Å². The molecule has 0 amide bonds. The molecule has 0 aliphatic rings. The monoisotopic (exact) mass is 303 g/mol. The highest BCUT2D eigenvalue weighted by Crippen LogP contribution is 2.22. The van der Waals surface area contributed by atoms with E-state index in [1.807, 2.05) is 38.1 Å². The molecule has 0 saturated carbocycles. The maximum absolute atomic E-state index is 12.5. The first-order chi connectivity index (χ1) is 9.81. The number of rotatable bonds is 4. The lowest BCUT2D eigenvalue weighted by Gasteiger charge is -2.15. The van der Waals surface area contributed by atoms with Crippen molar-refractivity contribution in [2.45, 2.75) is 31.7 Å². The van der Waals surface area contributed by atoms with Gasteiger partial charge >= 0.3 is 0 Å². The van der Waals surface area contributed by atoms with Gasteiger partial charge in [0.05, 0.1) is 10.6 Å². The highest BCUT2D eigenvalue weighted by atomic mass is 32.2. The van der Waals surface area contributed by atoms with E-state index < -0.39 is 15.9 Å². The lowest BCUT2D eigenvalue weighted by molar-refractivity contribution is 0.588. The Balaban J connectivity index is 2.28. The van der Waals surface area contributed by atoms with Gasteiger partial charge in [-0.05, 0) is 49.1 Å². The molecule has 0 aliphatic heterocycles. The van der Waals surface area contributed by atoms with E-state index in [1.54, 1.807) is 25.1 Å². The van der Waals surface area contributed by atoms with Crippen LogP contribution in [0, 0.1) is 20.8 Å². The van der Waals surface area contributed by atoms with E-state index in [2.05, 4.69) is 0 Å². The molecular formula is C17H21NO2S. The normalized spacial score (nSPS) is 13.1. The smallest absolute Gasteiger partial charge is 0.180 e. The molecule has 0 spiro atoms. The van der Waals surface area contributed by atoms with E-state index in [0.29, 0.717) is 4.90 Å². The summed E-state index contributed by atoms with van der Waals surface area (Å²) in [5.74, 6) is -0.0830. The van der Waals surface area contributed by atoms with E-state index in [0.717, 1.165) is 16.7 Å². The predicted octanol–water partition coefficient (Wildman–Crippen LogP) is 3.09. The Morgan fingerprint density at radius 1 is 0.952 bits per heavy atom. The number of hydrogen-bond donors (Lipinski definition) is 1. The summed E-state index contributed by atoms with van der Waals surface area (Å²) in [6, 6.07) is 12.3. The zero-order chi connectivity index (χ0) is 15.6. The number of hydrogen-bond acceptors (Lipinski definition) is 3. The molecule has 112 valence electrons. The summed E-state index contributed by atoms with van der Waals surface area (Å²) in [5.41, 5.74) is 10.0. The molecule has 0 fully saturated rings. The van der Waals surface area contributed by atoms with Crippen molar-refractivity contribution < 1.29 is 8.42 Å². The van der Waals surface area contributed by atoms with Crippen molar-refractivity contribution in [3.63, 3.8) is 0 Å². The molecule has 4 heteroatoms. The Hall–Kier alpha value is -1.65. The van der Waals surface area contributed by atoms with E-state index >= 15 is 0 Å². The fourth-order valence-electron chi connectivity index (χ4n) is 2.32. The summed E-state index contributed by atoms with van der Waals surface area (Å²) < 4.78 is 25.0. The largest absolute Gasteiger partial charge is 0.323 e. The number of aryl methyl sites for hydroxylation is 3. The number of sulfone groups is 1. The van der Waals surface area contributed by atoms with Crippen LogP contribution in [0.15, 0.2) is 47.4 Å². The van der Waals surface area contributed by atoms with Crippen molar-refractivity contribution in [1.29, 1.82) is 0 Å². The molecule has 1 atom stereocenters. The molecule has 2 aromatic carbocycles. The summed E-state index contributed by atoms with van der Waals surface area (Å²) in [5, 5.41) is 0. The minimum absolute atomic E-state index is 0.0830. The number of nitrogens with two attached hydrogens (primary N) is 1. The predicted molar refractivity (Wildman–Crippen MR) is 86.1 cm³/mol. The summed E-state index contributed by atoms with van der Waals surface area (Å²) in [6.45, 7) is 5.82. The highest BCUT2D eigenvalue weighted by Gasteiger charge is 2.21. The summed E-state index contributed by atoms with van der Waals surface area (Å²) in [6.07, 6.45) is 0. The van der Waals surface area contributed by atoms with Crippen molar-refractivity contribution in [2.24, 2.45) is 5.73 Å². The Kier molecular flexibility index (Phi) is 4.49. The van der Waals surface area contributed by atoms with Crippen LogP contribution in [-0.2, 0) is 9.84 Å². The quantitative estimate of drug-likeness (QED) is 0.944. The summed E-state index contributed by atoms with van der Waals surface area (Å²) in [7, 11) is -3.39. The van der Waals surface area contributed by atoms with Crippen LogP contribution < -0.4 is 5.73 Å². The van der Waals surface area contributed by atoms with Gasteiger partial charge in [-0.15, -0.1) is 0 Å². The first kappa shape index (κ1) is 15.7. The van der Waals surface area contributed by atoms with Crippen LogP contribution in [0.4, 0.5) is 0 Å². The SMILES string of the molecule is Cc1ccc(C(N)CS(=O)(=O)c2ccccc2C)cc1C. The van der Waals surface area contributed by atoms with Gasteiger partial charge in [-0.25, -0.2) is 8.42 Å². The van der Waals surface area contributed by atoms with Crippen molar-refractivity contribution in [1.82, 2.24) is 0 Å². The average molecular weight is 303 g/mol. The standard InChI is InChI=1S/C17H21NO2S/c1-12-8-9-15(10-14(12)3)16(18)11-21(19,20)17-7-5-4-6-13(17)2/h4-10,16H,11,18H2,1-3H3. The molecular weight excluding hydrogens is 282 g/mol. The second-order valence-electron chi connectivity index (χ2n) is 5.50. The van der Waals surface area contributed by atoms with E-state index in [-0.39, 0.29) is 5.75 Å². The summed E-state index contributed by atoms with van der Waals surface area (Å²) >= 11 is 0. The lowest BCUT2D eigenvalue weighted by atomic mass is 10.0. The fourth-order valence-corrected chi connectivity index (χ4v) is 4.01. The van der Waals surface area contributed by atoms with Crippen molar-refractivity contribution in [2.75, 3.05) is 5.75 Å². The lowest BCUT2D eigenvalue weighted by Crippen LogP contribution is -2.22. The van der Waals surface area contributed by atoms with Gasteiger partial charge in [-0.1, -0.05) is 36.4 Å². The summed E-state index contributed by atoms with van der Waals surface area (Å²) in [4.78, 5) is 0.365. The zero-order valence-corrected chi connectivity index (χ0v) is 13.4. The molecule has 21 heavy (non-hydrogen) atoms. The first-order valence-corrected chi connectivity index (χ1v) is 8.57. The van der Waals surface area contributed by atoms with E-state index in [9.17, 15) is 8.42 Å². The Morgan fingerprint density at radius 3 is 2.24 bits per heavy atom. The van der Waals surface area contributed by atoms with E-state index in [1.165, 1.54) is 5.56 Å². The average Bonchev–Trinajstić information content (AvgIpc) is 2.41. The van der Waals surface area contributed by atoms with Gasteiger partial charge in [0.2, 0.25) is 0 Å². The molecule has 0 saturated heterocycles. The molecule has 2 aromatic rings. The molecule has 3 nitrogen and oxygen atoms in total. The van der Waals surface area contributed by atoms with Crippen LogP contribution in [0.25, 0.3) is 0 Å². The Morgan fingerprint density at radius 2 is 1.62 bits per heavy atom. The second kappa shape index (κ2) is 6.00. The van der Waals surface area contributed by atoms with Crippen LogP contribution in [0.3, 0.4) is 0 Å². The Bertz CT molecular complexity index is 751. The Labute approximate surface area is 126 Å². The fraction of sp³-hybridized carbons (Fsp3) is 0.294. The molecule has 2 rings (SSSR count). The van der Waals surface area contributed by atoms with Gasteiger partial charge in [0.1, 0.15) is 0 Å². The highest BCUT2D eigenvalue weighted by molar-refractivity contribution is 7.91. The third-order valence-corrected chi connectivity index (χ3v) is 5.71. The minimum atomic E-state index is -3.39. The minimum Gasteiger partial charge on any atom is -0.323 e. The van der Waals surface area contributed by atoms with Gasteiger partial charge in [0.15, 0.2) is 9.84 Å². The third kappa shape index (κ3) is 3.52. The molecule has 0 heterocycles. The maximum Gasteiger partial charge on any atom is 0.180 e. The second-order valence-corrected chi connectivity index (χ2v) is 7.50. The number of benzene rings is 2. The molecule has 0 radical (unpaired) electrons. The molecule has 1 unspecified atom stereocenters. The van der Waals surface area contributed by atoms with Crippen LogP contribution >= 0.6 is 0 Å². The molecule has 0 bridgehead atoms. The zero-order valence-electron chi connectivity index (χ0n) is 12.6. The van der Waals surface area contributed by atoms with Gasteiger partial charge in [-0.3, -0.25) is 0 Å². The van der Waals surface area contributed by atoms with Crippen LogP contribution in [0.5, 0.6) is 0 Å². The molecule has 0 aromatic heterocycles. The van der Waals surface area contributed by atoms with Gasteiger partial charge in [0.25, 0.3) is 0 Å². The third-order valence-electron chi connectivity index (χ3n) is 3.79. The van der Waals surface area contributed by atoms with Crippen molar-refractivity contribution >= 4 is 9.84 Å². The van der Waals surface area contributed by atoms with Gasteiger partial charge in [-0.2, -0.15) is 0 Å². The maximum atomic E-state index is 12.5. The topological polar surface area (TPSA) is 60.2 Å². The van der Waals surface area contributed by atoms with Crippen LogP contribution in [-0.4, -0.2) is 14.2 Å². The van der Waals surface area contributed by atoms with Crippen molar-refractivity contribution in [3.8, 4) is 0 Å². The van der Waals surface area contributed by atoms with Crippen LogP contribution in [0.2, 0.25) is 0 Å². The van der Waals surface area contributed by atoms with Crippen molar-refractivity contribution in [3.05, 3.63) is 64.7 Å². The molecule has 0 aliphatic carbocycles. The van der Waals surface area contributed by atoms with Crippen LogP contribution in [0.1, 0.15) is 28.3 Å². The van der Waals surface area contributed by atoms with E-state index in [4.69, 9.17) is 5.73 Å². The van der Waals surface area contributed by atoms with Gasteiger partial charge < -0.3 is 5.73 Å².